The summed E-state index contributed by atoms with van der Waals surface area (Å²) >= 11 is 0. The first-order chi connectivity index (χ1) is 9.63. The number of aromatic nitrogens is 2. The SMILES string of the molecule is CC(C)Cc1ccc(-c2ncn3c2CCC(N)C3)cc1. The maximum Gasteiger partial charge on any atom is 0.0956 e. The van der Waals surface area contributed by atoms with Gasteiger partial charge in [0.15, 0.2) is 0 Å². The van der Waals surface area contributed by atoms with Gasteiger partial charge < -0.3 is 10.3 Å². The molecule has 0 radical (unpaired) electrons. The zero-order valence-electron chi connectivity index (χ0n) is 12.3. The second-order valence-electron chi connectivity index (χ2n) is 6.29. The summed E-state index contributed by atoms with van der Waals surface area (Å²) in [5.74, 6) is 0.697. The molecule has 2 heterocycles. The molecule has 0 spiro atoms. The summed E-state index contributed by atoms with van der Waals surface area (Å²) in [6.07, 6.45) is 5.16. The maximum absolute atomic E-state index is 6.02. The summed E-state index contributed by atoms with van der Waals surface area (Å²) in [6, 6.07) is 9.15. The fourth-order valence-corrected chi connectivity index (χ4v) is 3.00. The van der Waals surface area contributed by atoms with Crippen LogP contribution in [0.3, 0.4) is 0 Å². The van der Waals surface area contributed by atoms with Crippen LogP contribution in [0.5, 0.6) is 0 Å². The van der Waals surface area contributed by atoms with Gasteiger partial charge in [-0.2, -0.15) is 0 Å². The van der Waals surface area contributed by atoms with Gasteiger partial charge in [0.1, 0.15) is 0 Å². The molecule has 0 saturated heterocycles. The van der Waals surface area contributed by atoms with Crippen LogP contribution in [-0.2, 0) is 19.4 Å². The van der Waals surface area contributed by atoms with Gasteiger partial charge in [0, 0.05) is 23.8 Å². The second-order valence-corrected chi connectivity index (χ2v) is 6.29. The number of rotatable bonds is 3. The van der Waals surface area contributed by atoms with Crippen LogP contribution in [0.4, 0.5) is 0 Å². The Balaban J connectivity index is 1.86. The summed E-state index contributed by atoms with van der Waals surface area (Å²) in [6.45, 7) is 5.40. The molecule has 1 aliphatic heterocycles. The van der Waals surface area contributed by atoms with Gasteiger partial charge >= 0.3 is 0 Å². The highest BCUT2D eigenvalue weighted by molar-refractivity contribution is 5.62. The summed E-state index contributed by atoms with van der Waals surface area (Å²) in [7, 11) is 0. The molecule has 2 aromatic rings. The van der Waals surface area contributed by atoms with Crippen molar-refractivity contribution in [2.75, 3.05) is 0 Å². The predicted molar refractivity (Wildman–Crippen MR) is 82.5 cm³/mol. The van der Waals surface area contributed by atoms with E-state index in [0.29, 0.717) is 5.92 Å². The molecule has 3 nitrogen and oxygen atoms in total. The topological polar surface area (TPSA) is 43.8 Å². The van der Waals surface area contributed by atoms with E-state index in [4.69, 9.17) is 5.73 Å². The number of hydrogen-bond donors (Lipinski definition) is 1. The molecule has 0 saturated carbocycles. The fourth-order valence-electron chi connectivity index (χ4n) is 3.00. The zero-order chi connectivity index (χ0) is 14.1. The lowest BCUT2D eigenvalue weighted by Crippen LogP contribution is -2.31. The minimum atomic E-state index is 0.276. The van der Waals surface area contributed by atoms with Crippen LogP contribution in [0.1, 0.15) is 31.5 Å². The number of imidazole rings is 1. The van der Waals surface area contributed by atoms with E-state index >= 15 is 0 Å². The fraction of sp³-hybridized carbons (Fsp3) is 0.471. The van der Waals surface area contributed by atoms with Crippen molar-refractivity contribution in [3.05, 3.63) is 41.9 Å². The molecule has 3 heteroatoms. The molecule has 0 aliphatic carbocycles. The lowest BCUT2D eigenvalue weighted by atomic mass is 9.98. The Kier molecular flexibility index (Phi) is 3.62. The van der Waals surface area contributed by atoms with Crippen LogP contribution in [0.15, 0.2) is 30.6 Å². The Morgan fingerprint density at radius 2 is 2.05 bits per heavy atom. The van der Waals surface area contributed by atoms with Crippen molar-refractivity contribution in [1.29, 1.82) is 0 Å². The molecule has 1 unspecified atom stereocenters. The van der Waals surface area contributed by atoms with E-state index in [9.17, 15) is 0 Å². The summed E-state index contributed by atoms with van der Waals surface area (Å²) < 4.78 is 2.21. The van der Waals surface area contributed by atoms with Crippen LogP contribution in [-0.4, -0.2) is 15.6 Å². The molecule has 0 amide bonds. The van der Waals surface area contributed by atoms with Gasteiger partial charge in [0.25, 0.3) is 0 Å². The minimum absolute atomic E-state index is 0.276. The van der Waals surface area contributed by atoms with Crippen LogP contribution in [0, 0.1) is 5.92 Å². The molecule has 1 aliphatic rings. The van der Waals surface area contributed by atoms with Gasteiger partial charge in [-0.1, -0.05) is 38.1 Å². The Labute approximate surface area is 120 Å². The van der Waals surface area contributed by atoms with Gasteiger partial charge in [-0.25, -0.2) is 4.98 Å². The molecule has 1 aromatic heterocycles. The predicted octanol–water partition coefficient (Wildman–Crippen LogP) is 3.02. The maximum atomic E-state index is 6.02. The first-order valence-electron chi connectivity index (χ1n) is 7.52. The van der Waals surface area contributed by atoms with Crippen molar-refractivity contribution < 1.29 is 0 Å². The number of hydrogen-bond acceptors (Lipinski definition) is 2. The van der Waals surface area contributed by atoms with Gasteiger partial charge in [0.2, 0.25) is 0 Å². The summed E-state index contributed by atoms with van der Waals surface area (Å²) in [4.78, 5) is 4.60. The van der Waals surface area contributed by atoms with Crippen molar-refractivity contribution in [2.24, 2.45) is 11.7 Å². The standard InChI is InChI=1S/C17H23N3/c1-12(2)9-13-3-5-14(6-4-13)17-16-8-7-15(18)10-20(16)11-19-17/h3-6,11-12,15H,7-10,18H2,1-2H3. The Morgan fingerprint density at radius 3 is 2.75 bits per heavy atom. The first kappa shape index (κ1) is 13.4. The van der Waals surface area contributed by atoms with E-state index in [1.807, 2.05) is 6.33 Å². The van der Waals surface area contributed by atoms with E-state index in [1.165, 1.54) is 16.8 Å². The van der Waals surface area contributed by atoms with Gasteiger partial charge in [0.05, 0.1) is 12.0 Å². The van der Waals surface area contributed by atoms with Crippen molar-refractivity contribution in [3.8, 4) is 11.3 Å². The van der Waals surface area contributed by atoms with E-state index in [1.54, 1.807) is 0 Å². The molecule has 1 aromatic carbocycles. The third-order valence-electron chi connectivity index (χ3n) is 4.00. The highest BCUT2D eigenvalue weighted by atomic mass is 15.1. The monoisotopic (exact) mass is 269 g/mol. The smallest absolute Gasteiger partial charge is 0.0956 e. The van der Waals surface area contributed by atoms with Crippen LogP contribution in [0.2, 0.25) is 0 Å². The normalized spacial score (nSPS) is 18.3. The highest BCUT2D eigenvalue weighted by Crippen LogP contribution is 2.27. The molecular formula is C17H23N3. The Bertz CT molecular complexity index is 581. The first-order valence-corrected chi connectivity index (χ1v) is 7.52. The number of fused-ring (bicyclic) bond motifs is 1. The number of benzene rings is 1. The van der Waals surface area contributed by atoms with E-state index in [-0.39, 0.29) is 6.04 Å². The zero-order valence-corrected chi connectivity index (χ0v) is 12.3. The second kappa shape index (κ2) is 5.41. The number of nitrogens with zero attached hydrogens (tertiary/aromatic N) is 2. The summed E-state index contributed by atoms with van der Waals surface area (Å²) in [5, 5.41) is 0. The Hall–Kier alpha value is -1.61. The average molecular weight is 269 g/mol. The van der Waals surface area contributed by atoms with E-state index in [0.717, 1.165) is 31.5 Å². The quantitative estimate of drug-likeness (QED) is 0.930. The largest absolute Gasteiger partial charge is 0.332 e. The van der Waals surface area contributed by atoms with Crippen LogP contribution >= 0.6 is 0 Å². The third-order valence-corrected chi connectivity index (χ3v) is 4.00. The highest BCUT2D eigenvalue weighted by Gasteiger charge is 2.19. The lowest BCUT2D eigenvalue weighted by molar-refractivity contribution is 0.461. The van der Waals surface area contributed by atoms with Gasteiger partial charge in [-0.3, -0.25) is 0 Å². The summed E-state index contributed by atoms with van der Waals surface area (Å²) in [5.41, 5.74) is 11.1. The van der Waals surface area contributed by atoms with Crippen molar-refractivity contribution in [3.63, 3.8) is 0 Å². The lowest BCUT2D eigenvalue weighted by Gasteiger charge is -2.21. The van der Waals surface area contributed by atoms with Crippen LogP contribution in [0.25, 0.3) is 11.3 Å². The van der Waals surface area contributed by atoms with Crippen molar-refractivity contribution in [2.45, 2.75) is 45.7 Å². The van der Waals surface area contributed by atoms with Crippen LogP contribution < -0.4 is 5.73 Å². The molecule has 0 fully saturated rings. The molecule has 20 heavy (non-hydrogen) atoms. The van der Waals surface area contributed by atoms with Crippen molar-refractivity contribution >= 4 is 0 Å². The van der Waals surface area contributed by atoms with E-state index < -0.39 is 0 Å². The molecule has 3 rings (SSSR count). The third kappa shape index (κ3) is 2.63. The molecular weight excluding hydrogens is 246 g/mol. The van der Waals surface area contributed by atoms with Gasteiger partial charge in [-0.05, 0) is 30.7 Å². The average Bonchev–Trinajstić information content (AvgIpc) is 2.82. The Morgan fingerprint density at radius 1 is 1.30 bits per heavy atom. The van der Waals surface area contributed by atoms with E-state index in [2.05, 4.69) is 47.7 Å². The molecule has 106 valence electrons. The van der Waals surface area contributed by atoms with Gasteiger partial charge in [-0.15, -0.1) is 0 Å². The minimum Gasteiger partial charge on any atom is -0.332 e. The molecule has 1 atom stereocenters. The molecule has 2 N–H and O–H groups in total. The molecule has 0 bridgehead atoms. The number of nitrogens with two attached hydrogens (primary N) is 1. The van der Waals surface area contributed by atoms with Crippen molar-refractivity contribution in [1.82, 2.24) is 9.55 Å².